The smallest absolute Gasteiger partial charge is 0.0472 e. The van der Waals surface area contributed by atoms with Crippen molar-refractivity contribution in [2.45, 2.75) is 59.9 Å². The second-order valence-corrected chi connectivity index (χ2v) is 3.35. The first-order chi connectivity index (χ1) is 6.19. The molecule has 0 aromatic carbocycles. The normalized spacial score (nSPS) is 16.1. The molecule has 0 aromatic rings. The lowest BCUT2D eigenvalue weighted by atomic mass is 10.1. The summed E-state index contributed by atoms with van der Waals surface area (Å²) in [5.74, 6) is 0. The highest BCUT2D eigenvalue weighted by molar-refractivity contribution is 5.99. The molecular formula is C12H23N. The molecule has 0 aromatic heterocycles. The molecule has 1 unspecified atom stereocenters. The first-order valence-electron chi connectivity index (χ1n) is 5.41. The van der Waals surface area contributed by atoms with Crippen LogP contribution in [-0.2, 0) is 0 Å². The molecule has 0 aliphatic carbocycles. The van der Waals surface area contributed by atoms with Crippen molar-refractivity contribution >= 4 is 5.71 Å². The van der Waals surface area contributed by atoms with Crippen LogP contribution >= 0.6 is 0 Å². The largest absolute Gasteiger partial charge is 0.286 e. The average molecular weight is 181 g/mol. The van der Waals surface area contributed by atoms with Gasteiger partial charge < -0.3 is 0 Å². The Morgan fingerprint density at radius 3 is 2.15 bits per heavy atom. The van der Waals surface area contributed by atoms with Crippen molar-refractivity contribution < 1.29 is 0 Å². The van der Waals surface area contributed by atoms with Gasteiger partial charge in [0, 0.05) is 11.8 Å². The molecule has 1 nitrogen and oxygen atoms in total. The fourth-order valence-corrected chi connectivity index (χ4v) is 1.33. The molecule has 0 spiro atoms. The van der Waals surface area contributed by atoms with E-state index in [-0.39, 0.29) is 0 Å². The highest BCUT2D eigenvalue weighted by Gasteiger charge is 2.03. The van der Waals surface area contributed by atoms with E-state index in [2.05, 4.69) is 40.7 Å². The number of rotatable bonds is 5. The van der Waals surface area contributed by atoms with E-state index in [0.29, 0.717) is 6.04 Å². The Morgan fingerprint density at radius 2 is 1.85 bits per heavy atom. The zero-order chi connectivity index (χ0) is 10.3. The molecule has 0 bridgehead atoms. The zero-order valence-corrected chi connectivity index (χ0v) is 9.72. The second kappa shape index (κ2) is 6.88. The van der Waals surface area contributed by atoms with Crippen molar-refractivity contribution in [3.8, 4) is 0 Å². The van der Waals surface area contributed by atoms with Crippen LogP contribution in [0, 0.1) is 0 Å². The Morgan fingerprint density at radius 1 is 1.23 bits per heavy atom. The van der Waals surface area contributed by atoms with Crippen molar-refractivity contribution in [2.75, 3.05) is 0 Å². The van der Waals surface area contributed by atoms with Gasteiger partial charge in [-0.25, -0.2) is 0 Å². The summed E-state index contributed by atoms with van der Waals surface area (Å²) in [6.45, 7) is 10.8. The standard InChI is InChI=1S/C12H23N/c1-6-10(5)13-12(9-4)11(7-2)8-3/h7,10H,6,8-9H2,1-5H3/b11-7-,13-12?. The Balaban J connectivity index is 4.57. The van der Waals surface area contributed by atoms with E-state index in [1.54, 1.807) is 0 Å². The summed E-state index contributed by atoms with van der Waals surface area (Å²) in [5.41, 5.74) is 2.70. The topological polar surface area (TPSA) is 12.4 Å². The molecule has 0 N–H and O–H groups in total. The Kier molecular flexibility index (Phi) is 6.56. The van der Waals surface area contributed by atoms with Crippen LogP contribution in [0.3, 0.4) is 0 Å². The summed E-state index contributed by atoms with van der Waals surface area (Å²) in [6.07, 6.45) is 5.46. The third-order valence-electron chi connectivity index (χ3n) is 2.40. The monoisotopic (exact) mass is 181 g/mol. The Hall–Kier alpha value is -0.590. The van der Waals surface area contributed by atoms with Crippen LogP contribution in [0.15, 0.2) is 16.6 Å². The van der Waals surface area contributed by atoms with E-state index >= 15 is 0 Å². The lowest BCUT2D eigenvalue weighted by Crippen LogP contribution is -2.06. The fourth-order valence-electron chi connectivity index (χ4n) is 1.33. The maximum Gasteiger partial charge on any atom is 0.0472 e. The van der Waals surface area contributed by atoms with Gasteiger partial charge in [-0.3, -0.25) is 4.99 Å². The maximum atomic E-state index is 4.70. The molecule has 76 valence electrons. The van der Waals surface area contributed by atoms with Gasteiger partial charge in [0.25, 0.3) is 0 Å². The van der Waals surface area contributed by atoms with E-state index in [9.17, 15) is 0 Å². The highest BCUT2D eigenvalue weighted by Crippen LogP contribution is 2.09. The molecule has 0 fully saturated rings. The van der Waals surface area contributed by atoms with E-state index < -0.39 is 0 Å². The minimum atomic E-state index is 0.469. The summed E-state index contributed by atoms with van der Waals surface area (Å²) in [4.78, 5) is 4.70. The van der Waals surface area contributed by atoms with Crippen molar-refractivity contribution in [3.05, 3.63) is 11.6 Å². The predicted molar refractivity (Wildman–Crippen MR) is 61.5 cm³/mol. The van der Waals surface area contributed by atoms with E-state index in [4.69, 9.17) is 4.99 Å². The number of hydrogen-bond donors (Lipinski definition) is 0. The number of aliphatic imine (C=N–C) groups is 1. The van der Waals surface area contributed by atoms with Gasteiger partial charge in [0.1, 0.15) is 0 Å². The molecule has 0 heterocycles. The van der Waals surface area contributed by atoms with Crippen molar-refractivity contribution in [2.24, 2.45) is 4.99 Å². The summed E-state index contributed by atoms with van der Waals surface area (Å²) >= 11 is 0. The van der Waals surface area contributed by atoms with E-state index in [0.717, 1.165) is 19.3 Å². The molecular weight excluding hydrogens is 158 g/mol. The molecule has 1 atom stereocenters. The van der Waals surface area contributed by atoms with E-state index in [1.165, 1.54) is 11.3 Å². The van der Waals surface area contributed by atoms with Crippen LogP contribution in [0.25, 0.3) is 0 Å². The Labute approximate surface area is 83.0 Å². The van der Waals surface area contributed by atoms with Gasteiger partial charge in [-0.05, 0) is 38.7 Å². The third kappa shape index (κ3) is 4.25. The zero-order valence-electron chi connectivity index (χ0n) is 9.72. The van der Waals surface area contributed by atoms with Gasteiger partial charge in [-0.1, -0.05) is 26.8 Å². The SMILES string of the molecule is C/C=C(/CC)C(CC)=NC(C)CC. The minimum Gasteiger partial charge on any atom is -0.286 e. The van der Waals surface area contributed by atoms with Gasteiger partial charge in [0.05, 0.1) is 0 Å². The van der Waals surface area contributed by atoms with Gasteiger partial charge in [0.2, 0.25) is 0 Å². The Bertz CT molecular complexity index is 189. The van der Waals surface area contributed by atoms with Crippen LogP contribution in [0.1, 0.15) is 53.9 Å². The van der Waals surface area contributed by atoms with Crippen LogP contribution in [-0.4, -0.2) is 11.8 Å². The molecule has 0 rings (SSSR count). The lowest BCUT2D eigenvalue weighted by molar-refractivity contribution is 0.714. The van der Waals surface area contributed by atoms with Gasteiger partial charge in [-0.15, -0.1) is 0 Å². The molecule has 13 heavy (non-hydrogen) atoms. The predicted octanol–water partition coefficient (Wildman–Crippen LogP) is 3.99. The average Bonchev–Trinajstić information content (AvgIpc) is 2.17. The van der Waals surface area contributed by atoms with Crippen molar-refractivity contribution in [1.29, 1.82) is 0 Å². The van der Waals surface area contributed by atoms with Gasteiger partial charge >= 0.3 is 0 Å². The molecule has 1 heteroatoms. The molecule has 0 saturated heterocycles. The van der Waals surface area contributed by atoms with Crippen LogP contribution in [0.4, 0.5) is 0 Å². The highest BCUT2D eigenvalue weighted by atomic mass is 14.8. The summed E-state index contributed by atoms with van der Waals surface area (Å²) < 4.78 is 0. The summed E-state index contributed by atoms with van der Waals surface area (Å²) in [7, 11) is 0. The fraction of sp³-hybridized carbons (Fsp3) is 0.750. The summed E-state index contributed by atoms with van der Waals surface area (Å²) in [5, 5.41) is 0. The number of hydrogen-bond acceptors (Lipinski definition) is 1. The molecule has 0 amide bonds. The minimum absolute atomic E-state index is 0.469. The van der Waals surface area contributed by atoms with E-state index in [1.807, 2.05) is 0 Å². The molecule has 0 radical (unpaired) electrons. The maximum absolute atomic E-state index is 4.70. The molecule has 0 aliphatic rings. The first kappa shape index (κ1) is 12.4. The van der Waals surface area contributed by atoms with Crippen LogP contribution in [0.5, 0.6) is 0 Å². The third-order valence-corrected chi connectivity index (χ3v) is 2.40. The van der Waals surface area contributed by atoms with Crippen molar-refractivity contribution in [3.63, 3.8) is 0 Å². The van der Waals surface area contributed by atoms with Crippen LogP contribution < -0.4 is 0 Å². The van der Waals surface area contributed by atoms with Crippen LogP contribution in [0.2, 0.25) is 0 Å². The van der Waals surface area contributed by atoms with Gasteiger partial charge in [0.15, 0.2) is 0 Å². The molecule has 0 aliphatic heterocycles. The second-order valence-electron chi connectivity index (χ2n) is 3.35. The van der Waals surface area contributed by atoms with Gasteiger partial charge in [-0.2, -0.15) is 0 Å². The summed E-state index contributed by atoms with van der Waals surface area (Å²) in [6, 6.07) is 0.469. The number of allylic oxidation sites excluding steroid dienone is 2. The molecule has 0 saturated carbocycles. The first-order valence-corrected chi connectivity index (χ1v) is 5.41. The van der Waals surface area contributed by atoms with Crippen molar-refractivity contribution in [1.82, 2.24) is 0 Å². The number of nitrogens with zero attached hydrogens (tertiary/aromatic N) is 1. The quantitative estimate of drug-likeness (QED) is 0.569. The lowest BCUT2D eigenvalue weighted by Gasteiger charge is -2.10.